The summed E-state index contributed by atoms with van der Waals surface area (Å²) in [6, 6.07) is 8.04. The zero-order chi connectivity index (χ0) is 17.9. The van der Waals surface area contributed by atoms with Gasteiger partial charge in [0.2, 0.25) is 5.91 Å². The van der Waals surface area contributed by atoms with Crippen molar-refractivity contribution < 1.29 is 9.21 Å². The first-order chi connectivity index (χ1) is 12.7. The maximum atomic E-state index is 12.4. The Bertz CT molecular complexity index is 776. The van der Waals surface area contributed by atoms with E-state index in [-0.39, 0.29) is 5.91 Å². The van der Waals surface area contributed by atoms with Gasteiger partial charge in [0.15, 0.2) is 0 Å². The third-order valence-electron chi connectivity index (χ3n) is 5.33. The summed E-state index contributed by atoms with van der Waals surface area (Å²) in [5.41, 5.74) is 1.21. The number of carbonyl (C=O) groups excluding carboxylic acids is 1. The molecule has 0 radical (unpaired) electrons. The molecule has 5 nitrogen and oxygen atoms in total. The minimum Gasteiger partial charge on any atom is -0.461 e. The van der Waals surface area contributed by atoms with Gasteiger partial charge in [0.1, 0.15) is 11.5 Å². The molecule has 2 unspecified atom stereocenters. The van der Waals surface area contributed by atoms with Crippen molar-refractivity contribution in [3.63, 3.8) is 0 Å². The predicted octanol–water partition coefficient (Wildman–Crippen LogP) is 3.16. The van der Waals surface area contributed by atoms with Gasteiger partial charge in [-0.1, -0.05) is 13.0 Å². The van der Waals surface area contributed by atoms with Gasteiger partial charge in [0, 0.05) is 57.1 Å². The van der Waals surface area contributed by atoms with Crippen LogP contribution in [-0.4, -0.2) is 46.9 Å². The standard InChI is InChI=1S/C21H25N3O2/c1-16-13-19(16)20-6-4-18(26-20)5-7-21(25)24-11-9-23(10-12-24)15-17-3-2-8-22-14-17/h2-8,14,16,19H,9-13,15H2,1H3/b7-5+. The van der Waals surface area contributed by atoms with E-state index in [1.54, 1.807) is 18.3 Å². The monoisotopic (exact) mass is 351 g/mol. The van der Waals surface area contributed by atoms with E-state index in [1.807, 2.05) is 29.3 Å². The van der Waals surface area contributed by atoms with Gasteiger partial charge in [-0.05, 0) is 42.2 Å². The quantitative estimate of drug-likeness (QED) is 0.777. The fraction of sp³-hybridized carbons (Fsp3) is 0.429. The number of piperazine rings is 1. The molecule has 0 bridgehead atoms. The molecule has 4 rings (SSSR count). The van der Waals surface area contributed by atoms with Crippen LogP contribution in [0.5, 0.6) is 0 Å². The summed E-state index contributed by atoms with van der Waals surface area (Å²) in [4.78, 5) is 20.8. The van der Waals surface area contributed by atoms with E-state index >= 15 is 0 Å². The van der Waals surface area contributed by atoms with Gasteiger partial charge in [0.25, 0.3) is 0 Å². The molecule has 2 aromatic rings. The fourth-order valence-corrected chi connectivity index (χ4v) is 3.51. The van der Waals surface area contributed by atoms with E-state index < -0.39 is 0 Å². The van der Waals surface area contributed by atoms with Gasteiger partial charge in [-0.3, -0.25) is 14.7 Å². The number of pyridine rings is 1. The SMILES string of the molecule is CC1CC1c1ccc(/C=C/C(=O)N2CCN(Cc3cccnc3)CC2)o1. The zero-order valence-corrected chi connectivity index (χ0v) is 15.2. The van der Waals surface area contributed by atoms with Crippen LogP contribution in [-0.2, 0) is 11.3 Å². The normalized spacial score (nSPS) is 23.5. The van der Waals surface area contributed by atoms with Gasteiger partial charge in [-0.25, -0.2) is 0 Å². The highest BCUT2D eigenvalue weighted by Gasteiger charge is 2.36. The van der Waals surface area contributed by atoms with Crippen LogP contribution in [0.25, 0.3) is 6.08 Å². The van der Waals surface area contributed by atoms with Crippen molar-refractivity contribution in [3.05, 3.63) is 59.8 Å². The molecule has 1 aliphatic heterocycles. The van der Waals surface area contributed by atoms with Crippen LogP contribution in [0.15, 0.2) is 47.2 Å². The van der Waals surface area contributed by atoms with Crippen molar-refractivity contribution in [2.45, 2.75) is 25.8 Å². The van der Waals surface area contributed by atoms with Gasteiger partial charge in [0.05, 0.1) is 0 Å². The number of rotatable bonds is 5. The Kier molecular flexibility index (Phi) is 4.89. The molecule has 0 N–H and O–H groups in total. The number of hydrogen-bond acceptors (Lipinski definition) is 4. The van der Waals surface area contributed by atoms with E-state index in [4.69, 9.17) is 4.42 Å². The van der Waals surface area contributed by atoms with Crippen LogP contribution >= 0.6 is 0 Å². The third-order valence-corrected chi connectivity index (χ3v) is 5.33. The Hall–Kier alpha value is -2.40. The Morgan fingerprint density at radius 1 is 1.27 bits per heavy atom. The first-order valence-corrected chi connectivity index (χ1v) is 9.37. The number of carbonyl (C=O) groups is 1. The predicted molar refractivity (Wildman–Crippen MR) is 100 cm³/mol. The molecule has 2 atom stereocenters. The van der Waals surface area contributed by atoms with Gasteiger partial charge < -0.3 is 9.32 Å². The average molecular weight is 351 g/mol. The number of furan rings is 1. The van der Waals surface area contributed by atoms with Crippen molar-refractivity contribution in [1.29, 1.82) is 0 Å². The Labute approximate surface area is 154 Å². The summed E-state index contributed by atoms with van der Waals surface area (Å²) in [6.45, 7) is 6.41. The zero-order valence-electron chi connectivity index (χ0n) is 15.2. The van der Waals surface area contributed by atoms with Gasteiger partial charge >= 0.3 is 0 Å². The smallest absolute Gasteiger partial charge is 0.246 e. The highest BCUT2D eigenvalue weighted by molar-refractivity contribution is 5.91. The first-order valence-electron chi connectivity index (χ1n) is 9.37. The number of nitrogens with zero attached hydrogens (tertiary/aromatic N) is 3. The van der Waals surface area contributed by atoms with Crippen molar-refractivity contribution >= 4 is 12.0 Å². The van der Waals surface area contributed by atoms with Crippen LogP contribution in [0, 0.1) is 5.92 Å². The van der Waals surface area contributed by atoms with E-state index in [2.05, 4.69) is 22.9 Å². The highest BCUT2D eigenvalue weighted by atomic mass is 16.3. The van der Waals surface area contributed by atoms with Crippen molar-refractivity contribution in [1.82, 2.24) is 14.8 Å². The fourth-order valence-electron chi connectivity index (χ4n) is 3.51. The van der Waals surface area contributed by atoms with Crippen LogP contribution in [0.3, 0.4) is 0 Å². The van der Waals surface area contributed by atoms with Crippen LogP contribution in [0.1, 0.15) is 36.3 Å². The largest absolute Gasteiger partial charge is 0.461 e. The summed E-state index contributed by atoms with van der Waals surface area (Å²) in [7, 11) is 0. The second-order valence-corrected chi connectivity index (χ2v) is 7.36. The summed E-state index contributed by atoms with van der Waals surface area (Å²) in [5.74, 6) is 3.17. The molecule has 2 fully saturated rings. The minimum absolute atomic E-state index is 0.0590. The topological polar surface area (TPSA) is 49.6 Å². The highest BCUT2D eigenvalue weighted by Crippen LogP contribution is 2.47. The average Bonchev–Trinajstić information content (AvgIpc) is 3.21. The molecule has 0 aromatic carbocycles. The second kappa shape index (κ2) is 7.46. The van der Waals surface area contributed by atoms with Crippen LogP contribution in [0.4, 0.5) is 0 Å². The summed E-state index contributed by atoms with van der Waals surface area (Å²) < 4.78 is 5.83. The van der Waals surface area contributed by atoms with Gasteiger partial charge in [-0.15, -0.1) is 0 Å². The Balaban J connectivity index is 1.26. The van der Waals surface area contributed by atoms with Crippen LogP contribution < -0.4 is 0 Å². The van der Waals surface area contributed by atoms with E-state index in [9.17, 15) is 4.79 Å². The van der Waals surface area contributed by atoms with E-state index in [0.717, 1.165) is 50.2 Å². The molecule has 0 spiro atoms. The lowest BCUT2D eigenvalue weighted by Gasteiger charge is -2.34. The molecule has 5 heteroatoms. The second-order valence-electron chi connectivity index (χ2n) is 7.36. The van der Waals surface area contributed by atoms with E-state index in [0.29, 0.717) is 5.92 Å². The molecule has 1 aliphatic carbocycles. The maximum Gasteiger partial charge on any atom is 0.246 e. The molecular formula is C21H25N3O2. The molecule has 136 valence electrons. The number of hydrogen-bond donors (Lipinski definition) is 0. The minimum atomic E-state index is 0.0590. The van der Waals surface area contributed by atoms with Crippen molar-refractivity contribution in [3.8, 4) is 0 Å². The molecule has 2 aliphatic rings. The lowest BCUT2D eigenvalue weighted by atomic mass is 10.2. The molecule has 2 aromatic heterocycles. The molecule has 26 heavy (non-hydrogen) atoms. The lowest BCUT2D eigenvalue weighted by molar-refractivity contribution is -0.127. The van der Waals surface area contributed by atoms with Crippen molar-refractivity contribution in [2.75, 3.05) is 26.2 Å². The van der Waals surface area contributed by atoms with Crippen LogP contribution in [0.2, 0.25) is 0 Å². The summed E-state index contributed by atoms with van der Waals surface area (Å²) >= 11 is 0. The molecule has 1 amide bonds. The molecule has 1 saturated carbocycles. The lowest BCUT2D eigenvalue weighted by Crippen LogP contribution is -2.47. The first kappa shape index (κ1) is 17.0. The molecular weight excluding hydrogens is 326 g/mol. The Morgan fingerprint density at radius 2 is 2.08 bits per heavy atom. The third kappa shape index (κ3) is 4.05. The number of amides is 1. The number of aromatic nitrogens is 1. The van der Waals surface area contributed by atoms with E-state index in [1.165, 1.54) is 12.0 Å². The van der Waals surface area contributed by atoms with Crippen molar-refractivity contribution in [2.24, 2.45) is 5.92 Å². The summed E-state index contributed by atoms with van der Waals surface area (Å²) in [5, 5.41) is 0. The molecule has 1 saturated heterocycles. The molecule has 3 heterocycles. The Morgan fingerprint density at radius 3 is 2.77 bits per heavy atom. The van der Waals surface area contributed by atoms with Gasteiger partial charge in [-0.2, -0.15) is 0 Å². The summed E-state index contributed by atoms with van der Waals surface area (Å²) in [6.07, 6.45) is 8.33. The maximum absolute atomic E-state index is 12.4.